The van der Waals surface area contributed by atoms with E-state index in [9.17, 15) is 18.0 Å². The molecule has 3 N–H and O–H groups in total. The molecule has 39 heavy (non-hydrogen) atoms. The van der Waals surface area contributed by atoms with E-state index in [1.807, 2.05) is 21.4 Å². The number of pyridine rings is 1. The third kappa shape index (κ3) is 7.20. The van der Waals surface area contributed by atoms with Crippen molar-refractivity contribution < 1.29 is 27.5 Å². The van der Waals surface area contributed by atoms with E-state index in [1.54, 1.807) is 41.5 Å². The standard InChI is InChI=1S/C27H35N5O6S/c1-26(2,3)37-24(33)30-39(35,36)22-11-10-20(13-21(22)28)32(25(34)38-27(4,5)6)16-19-15-31-14-18(17-7-8-17)9-12-23(31)29-19/h9-15,17H,7-8,16,28H2,1-6H3,(H,30,33). The number of anilines is 2. The Hall–Kier alpha value is -3.80. The van der Waals surface area contributed by atoms with E-state index in [2.05, 4.69) is 17.2 Å². The van der Waals surface area contributed by atoms with Gasteiger partial charge in [-0.1, -0.05) is 6.07 Å². The fourth-order valence-corrected chi connectivity index (χ4v) is 4.94. The number of imidazole rings is 1. The molecule has 210 valence electrons. The Kier molecular flexibility index (Phi) is 7.28. The van der Waals surface area contributed by atoms with Crippen LogP contribution in [0.4, 0.5) is 21.0 Å². The van der Waals surface area contributed by atoms with Crippen molar-refractivity contribution in [1.82, 2.24) is 14.1 Å². The van der Waals surface area contributed by atoms with Gasteiger partial charge in [0.15, 0.2) is 0 Å². The molecule has 0 spiro atoms. The summed E-state index contributed by atoms with van der Waals surface area (Å²) in [5, 5.41) is 0. The molecule has 0 aliphatic heterocycles. The SMILES string of the molecule is CC(C)(C)OC(=O)NS(=O)(=O)c1ccc(N(Cc2cn3cc(C4CC4)ccc3n2)C(=O)OC(C)(C)C)cc1N. The van der Waals surface area contributed by atoms with E-state index >= 15 is 0 Å². The molecule has 2 amide bonds. The molecule has 11 nitrogen and oxygen atoms in total. The Balaban J connectivity index is 1.63. The first-order valence-corrected chi connectivity index (χ1v) is 14.1. The minimum Gasteiger partial charge on any atom is -0.443 e. The molecule has 3 aromatic rings. The van der Waals surface area contributed by atoms with Gasteiger partial charge in [0.1, 0.15) is 21.7 Å². The largest absolute Gasteiger partial charge is 0.443 e. The topological polar surface area (TPSA) is 145 Å². The Labute approximate surface area is 228 Å². The molecule has 1 aliphatic carbocycles. The number of nitrogens with one attached hydrogen (secondary N) is 1. The van der Waals surface area contributed by atoms with Gasteiger partial charge in [-0.05, 0) is 90.1 Å². The minimum absolute atomic E-state index is 0.0526. The number of nitrogens with two attached hydrogens (primary N) is 1. The van der Waals surface area contributed by atoms with Crippen LogP contribution in [-0.2, 0) is 26.0 Å². The first-order valence-electron chi connectivity index (χ1n) is 12.6. The molecule has 1 fully saturated rings. The minimum atomic E-state index is -4.34. The van der Waals surface area contributed by atoms with Crippen molar-refractivity contribution >= 4 is 39.2 Å². The third-order valence-electron chi connectivity index (χ3n) is 5.72. The average molecular weight is 558 g/mol. The molecular formula is C27H35N5O6S. The number of benzene rings is 1. The van der Waals surface area contributed by atoms with Crippen molar-refractivity contribution in [3.63, 3.8) is 0 Å². The van der Waals surface area contributed by atoms with Crippen LogP contribution in [0.15, 0.2) is 47.6 Å². The van der Waals surface area contributed by atoms with Crippen LogP contribution in [0.5, 0.6) is 0 Å². The number of sulfonamides is 1. The Morgan fingerprint density at radius 3 is 2.31 bits per heavy atom. The molecule has 4 rings (SSSR count). The quantitative estimate of drug-likeness (QED) is 0.405. The highest BCUT2D eigenvalue weighted by Crippen LogP contribution is 2.40. The first-order chi connectivity index (χ1) is 18.0. The molecule has 1 aliphatic rings. The van der Waals surface area contributed by atoms with Gasteiger partial charge in [0.25, 0.3) is 10.0 Å². The number of carbonyl (C=O) groups is 2. The van der Waals surface area contributed by atoms with Crippen molar-refractivity contribution in [1.29, 1.82) is 0 Å². The second kappa shape index (κ2) is 10.1. The number of rotatable bonds is 6. The summed E-state index contributed by atoms with van der Waals surface area (Å²) in [7, 11) is -4.34. The maximum Gasteiger partial charge on any atom is 0.421 e. The van der Waals surface area contributed by atoms with Gasteiger partial charge < -0.3 is 19.6 Å². The van der Waals surface area contributed by atoms with Gasteiger partial charge in [-0.3, -0.25) is 4.90 Å². The van der Waals surface area contributed by atoms with E-state index in [0.29, 0.717) is 17.3 Å². The molecule has 1 aromatic carbocycles. The maximum absolute atomic E-state index is 13.2. The third-order valence-corrected chi connectivity index (χ3v) is 7.10. The van der Waals surface area contributed by atoms with Gasteiger partial charge in [0, 0.05) is 18.1 Å². The smallest absolute Gasteiger partial charge is 0.421 e. The van der Waals surface area contributed by atoms with Crippen LogP contribution >= 0.6 is 0 Å². The molecule has 12 heteroatoms. The average Bonchev–Trinajstić information content (AvgIpc) is 3.53. The van der Waals surface area contributed by atoms with Gasteiger partial charge in [-0.25, -0.2) is 27.7 Å². The van der Waals surface area contributed by atoms with Crippen molar-refractivity contribution in [2.24, 2.45) is 0 Å². The first kappa shape index (κ1) is 28.2. The molecule has 0 radical (unpaired) electrons. The zero-order chi connectivity index (χ0) is 28.8. The molecule has 0 bridgehead atoms. The summed E-state index contributed by atoms with van der Waals surface area (Å²) in [5.41, 5.74) is 7.18. The van der Waals surface area contributed by atoms with Gasteiger partial charge in [0.05, 0.1) is 17.9 Å². The molecule has 0 unspecified atom stereocenters. The number of carbonyl (C=O) groups excluding carboxylic acids is 2. The Morgan fingerprint density at radius 1 is 1.05 bits per heavy atom. The maximum atomic E-state index is 13.2. The molecule has 2 aromatic heterocycles. The second-order valence-electron chi connectivity index (χ2n) is 11.6. The monoisotopic (exact) mass is 557 g/mol. The highest BCUT2D eigenvalue weighted by molar-refractivity contribution is 7.90. The number of aromatic nitrogens is 2. The summed E-state index contributed by atoms with van der Waals surface area (Å²) in [6.45, 7) is 10.1. The summed E-state index contributed by atoms with van der Waals surface area (Å²) < 4.78 is 40.1. The zero-order valence-corrected chi connectivity index (χ0v) is 23.8. The van der Waals surface area contributed by atoms with Crippen molar-refractivity contribution in [3.8, 4) is 0 Å². The van der Waals surface area contributed by atoms with Crippen LogP contribution in [0.3, 0.4) is 0 Å². The second-order valence-corrected chi connectivity index (χ2v) is 13.3. The van der Waals surface area contributed by atoms with Crippen molar-refractivity contribution in [3.05, 3.63) is 54.0 Å². The van der Waals surface area contributed by atoms with Crippen LogP contribution in [0.1, 0.15) is 71.6 Å². The Morgan fingerprint density at radius 2 is 1.72 bits per heavy atom. The lowest BCUT2D eigenvalue weighted by Crippen LogP contribution is -2.37. The number of ether oxygens (including phenoxy) is 2. The van der Waals surface area contributed by atoms with Gasteiger partial charge in [0.2, 0.25) is 0 Å². The van der Waals surface area contributed by atoms with E-state index in [1.165, 1.54) is 41.5 Å². The zero-order valence-electron chi connectivity index (χ0n) is 23.0. The molecule has 2 heterocycles. The van der Waals surface area contributed by atoms with E-state index in [0.717, 1.165) is 5.65 Å². The fraction of sp³-hybridized carbons (Fsp3) is 0.444. The van der Waals surface area contributed by atoms with Crippen LogP contribution in [0, 0.1) is 0 Å². The van der Waals surface area contributed by atoms with E-state index in [-0.39, 0.29) is 17.1 Å². The number of nitrogen functional groups attached to an aromatic ring is 1. The summed E-state index contributed by atoms with van der Waals surface area (Å²) >= 11 is 0. The number of fused-ring (bicyclic) bond motifs is 1. The lowest BCUT2D eigenvalue weighted by molar-refractivity contribution is 0.0561. The predicted molar refractivity (Wildman–Crippen MR) is 147 cm³/mol. The van der Waals surface area contributed by atoms with E-state index in [4.69, 9.17) is 15.2 Å². The van der Waals surface area contributed by atoms with Crippen LogP contribution in [0.2, 0.25) is 0 Å². The van der Waals surface area contributed by atoms with Crippen LogP contribution < -0.4 is 15.4 Å². The van der Waals surface area contributed by atoms with Crippen LogP contribution in [-0.4, -0.2) is 41.2 Å². The molecule has 0 atom stereocenters. The summed E-state index contributed by atoms with van der Waals surface area (Å²) in [6.07, 6.45) is 4.49. The van der Waals surface area contributed by atoms with Gasteiger partial charge >= 0.3 is 12.2 Å². The normalized spacial score (nSPS) is 14.2. The number of hydrogen-bond acceptors (Lipinski definition) is 8. The molecule has 0 saturated heterocycles. The predicted octanol–water partition coefficient (Wildman–Crippen LogP) is 4.95. The van der Waals surface area contributed by atoms with Crippen LogP contribution in [0.25, 0.3) is 5.65 Å². The number of hydrogen-bond donors (Lipinski definition) is 2. The number of nitrogens with zero attached hydrogens (tertiary/aromatic N) is 3. The van der Waals surface area contributed by atoms with E-state index < -0.39 is 33.4 Å². The van der Waals surface area contributed by atoms with Crippen molar-refractivity contribution in [2.45, 2.75) is 82.9 Å². The fourth-order valence-electron chi connectivity index (χ4n) is 3.95. The highest BCUT2D eigenvalue weighted by Gasteiger charge is 2.29. The number of amides is 2. The summed E-state index contributed by atoms with van der Waals surface area (Å²) in [5.74, 6) is 0.584. The van der Waals surface area contributed by atoms with Gasteiger partial charge in [-0.2, -0.15) is 0 Å². The summed E-state index contributed by atoms with van der Waals surface area (Å²) in [4.78, 5) is 30.9. The van der Waals surface area contributed by atoms with Gasteiger partial charge in [-0.15, -0.1) is 0 Å². The molecular weight excluding hydrogens is 522 g/mol. The highest BCUT2D eigenvalue weighted by atomic mass is 32.2. The lowest BCUT2D eigenvalue weighted by atomic mass is 10.2. The molecule has 1 saturated carbocycles. The summed E-state index contributed by atoms with van der Waals surface area (Å²) in [6, 6.07) is 8.00. The Bertz CT molecular complexity index is 1510. The lowest BCUT2D eigenvalue weighted by Gasteiger charge is -2.27. The van der Waals surface area contributed by atoms with Crippen molar-refractivity contribution in [2.75, 3.05) is 10.6 Å².